The van der Waals surface area contributed by atoms with Gasteiger partial charge >= 0.3 is 0 Å². The molecule has 0 aromatic heterocycles. The maximum Gasteiger partial charge on any atom is 0.151 e. The van der Waals surface area contributed by atoms with E-state index in [0.717, 1.165) is 16.6 Å². The first kappa shape index (κ1) is 13.1. The van der Waals surface area contributed by atoms with Crippen LogP contribution in [-0.2, 0) is 0 Å². The largest absolute Gasteiger partial charge is 0.395 e. The molecular weight excluding hydrogens is 325 g/mol. The second kappa shape index (κ2) is 5.12. The lowest BCUT2D eigenvalue weighted by Gasteiger charge is -2.11. The number of nitrogens with one attached hydrogen (secondary N) is 1. The highest BCUT2D eigenvalue weighted by Gasteiger charge is 2.09. The van der Waals surface area contributed by atoms with Gasteiger partial charge in [0.2, 0.25) is 0 Å². The summed E-state index contributed by atoms with van der Waals surface area (Å²) in [6.45, 7) is 0. The summed E-state index contributed by atoms with van der Waals surface area (Å²) in [5, 5.41) is 3.29. The molecule has 0 spiro atoms. The highest BCUT2D eigenvalue weighted by molar-refractivity contribution is 9.10. The molecule has 0 saturated heterocycles. The summed E-state index contributed by atoms with van der Waals surface area (Å²) in [4.78, 5) is 0. The van der Waals surface area contributed by atoms with Gasteiger partial charge < -0.3 is 11.1 Å². The zero-order valence-electron chi connectivity index (χ0n) is 8.98. The molecule has 2 nitrogen and oxygen atoms in total. The van der Waals surface area contributed by atoms with Crippen molar-refractivity contribution >= 4 is 44.6 Å². The van der Waals surface area contributed by atoms with Crippen LogP contribution >= 0.6 is 27.5 Å². The SMILES string of the molecule is Nc1c(F)cc(F)cc1Nc1ccc(Br)c(Cl)c1. The molecule has 18 heavy (non-hydrogen) atoms. The van der Waals surface area contributed by atoms with Gasteiger partial charge in [0.05, 0.1) is 16.4 Å². The van der Waals surface area contributed by atoms with Crippen LogP contribution in [-0.4, -0.2) is 0 Å². The maximum atomic E-state index is 13.2. The molecule has 0 aliphatic carbocycles. The molecule has 0 atom stereocenters. The van der Waals surface area contributed by atoms with E-state index in [1.165, 1.54) is 0 Å². The zero-order valence-corrected chi connectivity index (χ0v) is 11.3. The predicted octanol–water partition coefficient (Wildman–Crippen LogP) is 4.71. The van der Waals surface area contributed by atoms with Crippen LogP contribution in [0.5, 0.6) is 0 Å². The van der Waals surface area contributed by atoms with Crippen LogP contribution in [0.25, 0.3) is 0 Å². The number of anilines is 3. The summed E-state index contributed by atoms with van der Waals surface area (Å²) in [5.41, 5.74) is 6.12. The number of halogens is 4. The van der Waals surface area contributed by atoms with Gasteiger partial charge in [-0.1, -0.05) is 11.6 Å². The number of nitrogen functional groups attached to an aromatic ring is 1. The van der Waals surface area contributed by atoms with Crippen LogP contribution in [0.15, 0.2) is 34.8 Å². The fourth-order valence-electron chi connectivity index (χ4n) is 1.42. The lowest BCUT2D eigenvalue weighted by molar-refractivity contribution is 0.587. The smallest absolute Gasteiger partial charge is 0.151 e. The Hall–Kier alpha value is -1.33. The van der Waals surface area contributed by atoms with Gasteiger partial charge in [0.15, 0.2) is 5.82 Å². The van der Waals surface area contributed by atoms with E-state index in [0.29, 0.717) is 10.7 Å². The van der Waals surface area contributed by atoms with Crippen molar-refractivity contribution in [3.05, 3.63) is 51.5 Å². The number of rotatable bonds is 2. The molecule has 0 fully saturated rings. The van der Waals surface area contributed by atoms with Gasteiger partial charge in [0, 0.05) is 16.2 Å². The Labute approximate surface area is 116 Å². The van der Waals surface area contributed by atoms with E-state index >= 15 is 0 Å². The summed E-state index contributed by atoms with van der Waals surface area (Å²) in [7, 11) is 0. The van der Waals surface area contributed by atoms with Crippen molar-refractivity contribution in [1.82, 2.24) is 0 Å². The van der Waals surface area contributed by atoms with E-state index in [4.69, 9.17) is 17.3 Å². The maximum absolute atomic E-state index is 13.2. The van der Waals surface area contributed by atoms with Crippen LogP contribution in [0.2, 0.25) is 5.02 Å². The summed E-state index contributed by atoms with van der Waals surface area (Å²) in [6.07, 6.45) is 0. The van der Waals surface area contributed by atoms with Crippen molar-refractivity contribution in [3.63, 3.8) is 0 Å². The Morgan fingerprint density at radius 1 is 1.17 bits per heavy atom. The molecule has 0 radical (unpaired) electrons. The molecule has 0 unspecified atom stereocenters. The predicted molar refractivity (Wildman–Crippen MR) is 73.2 cm³/mol. The summed E-state index contributed by atoms with van der Waals surface area (Å²) >= 11 is 9.16. The molecule has 2 rings (SSSR count). The zero-order chi connectivity index (χ0) is 13.3. The molecule has 0 aliphatic heterocycles. The third-order valence-electron chi connectivity index (χ3n) is 2.29. The molecule has 2 aromatic rings. The van der Waals surface area contributed by atoms with Gasteiger partial charge in [-0.15, -0.1) is 0 Å². The molecule has 0 bridgehead atoms. The van der Waals surface area contributed by atoms with Crippen molar-refractivity contribution in [2.45, 2.75) is 0 Å². The van der Waals surface area contributed by atoms with Gasteiger partial charge in [-0.05, 0) is 40.2 Å². The number of benzene rings is 2. The Kier molecular flexibility index (Phi) is 3.73. The second-order valence-corrected chi connectivity index (χ2v) is 4.86. The first-order valence-electron chi connectivity index (χ1n) is 4.94. The fraction of sp³-hybridized carbons (Fsp3) is 0. The standard InChI is InChI=1S/C12H8BrClF2N2/c13-8-2-1-7(5-9(8)14)18-11-4-6(15)3-10(16)12(11)17/h1-5,18H,17H2. The Morgan fingerprint density at radius 3 is 2.56 bits per heavy atom. The topological polar surface area (TPSA) is 38.0 Å². The molecule has 0 aliphatic rings. The molecule has 0 heterocycles. The molecule has 94 valence electrons. The molecule has 3 N–H and O–H groups in total. The average molecular weight is 334 g/mol. The number of nitrogens with two attached hydrogens (primary N) is 1. The quantitative estimate of drug-likeness (QED) is 0.781. The third-order valence-corrected chi connectivity index (χ3v) is 3.53. The van der Waals surface area contributed by atoms with Crippen molar-refractivity contribution in [3.8, 4) is 0 Å². The van der Waals surface area contributed by atoms with E-state index < -0.39 is 11.6 Å². The third kappa shape index (κ3) is 2.73. The van der Waals surface area contributed by atoms with Gasteiger partial charge in [-0.3, -0.25) is 0 Å². The fourth-order valence-corrected chi connectivity index (χ4v) is 1.84. The molecular formula is C12H8BrClF2N2. The number of hydrogen-bond donors (Lipinski definition) is 2. The Bertz CT molecular complexity index is 605. The number of hydrogen-bond acceptors (Lipinski definition) is 2. The summed E-state index contributed by atoms with van der Waals surface area (Å²) in [6, 6.07) is 6.89. The Morgan fingerprint density at radius 2 is 1.89 bits per heavy atom. The van der Waals surface area contributed by atoms with Gasteiger partial charge in [-0.25, -0.2) is 8.78 Å². The summed E-state index contributed by atoms with van der Waals surface area (Å²) < 4.78 is 27.1. The molecule has 2 aromatic carbocycles. The van der Waals surface area contributed by atoms with E-state index in [1.54, 1.807) is 18.2 Å². The minimum atomic E-state index is -0.805. The molecule has 0 saturated carbocycles. The minimum absolute atomic E-state index is 0.143. The van der Waals surface area contributed by atoms with Crippen molar-refractivity contribution in [1.29, 1.82) is 0 Å². The normalized spacial score (nSPS) is 10.4. The lowest BCUT2D eigenvalue weighted by Crippen LogP contribution is -2.00. The van der Waals surface area contributed by atoms with E-state index in [1.807, 2.05) is 0 Å². The first-order chi connectivity index (χ1) is 8.47. The van der Waals surface area contributed by atoms with Crippen LogP contribution in [0.1, 0.15) is 0 Å². The minimum Gasteiger partial charge on any atom is -0.395 e. The average Bonchev–Trinajstić information content (AvgIpc) is 2.30. The monoisotopic (exact) mass is 332 g/mol. The Balaban J connectivity index is 2.36. The van der Waals surface area contributed by atoms with Crippen LogP contribution in [0.3, 0.4) is 0 Å². The van der Waals surface area contributed by atoms with Crippen LogP contribution < -0.4 is 11.1 Å². The first-order valence-corrected chi connectivity index (χ1v) is 6.11. The highest BCUT2D eigenvalue weighted by atomic mass is 79.9. The molecule has 6 heteroatoms. The van der Waals surface area contributed by atoms with Crippen LogP contribution in [0.4, 0.5) is 25.8 Å². The van der Waals surface area contributed by atoms with Gasteiger partial charge in [0.25, 0.3) is 0 Å². The van der Waals surface area contributed by atoms with Crippen molar-refractivity contribution in [2.24, 2.45) is 0 Å². The van der Waals surface area contributed by atoms with Crippen molar-refractivity contribution < 1.29 is 8.78 Å². The lowest BCUT2D eigenvalue weighted by atomic mass is 10.2. The molecule has 0 amide bonds. The van der Waals surface area contributed by atoms with E-state index in [-0.39, 0.29) is 11.4 Å². The second-order valence-electron chi connectivity index (χ2n) is 3.60. The van der Waals surface area contributed by atoms with Gasteiger partial charge in [-0.2, -0.15) is 0 Å². The van der Waals surface area contributed by atoms with Crippen molar-refractivity contribution in [2.75, 3.05) is 11.1 Å². The van der Waals surface area contributed by atoms with E-state index in [2.05, 4.69) is 21.2 Å². The van der Waals surface area contributed by atoms with Crippen LogP contribution in [0, 0.1) is 11.6 Å². The van der Waals surface area contributed by atoms with E-state index in [9.17, 15) is 8.78 Å². The highest BCUT2D eigenvalue weighted by Crippen LogP contribution is 2.30. The van der Waals surface area contributed by atoms with Gasteiger partial charge in [0.1, 0.15) is 5.82 Å². The summed E-state index contributed by atoms with van der Waals surface area (Å²) in [5.74, 6) is -1.51.